The van der Waals surface area contributed by atoms with Gasteiger partial charge in [-0.2, -0.15) is 5.26 Å². The predicted octanol–water partition coefficient (Wildman–Crippen LogP) is 3.72. The van der Waals surface area contributed by atoms with Crippen molar-refractivity contribution in [2.24, 2.45) is 0 Å². The van der Waals surface area contributed by atoms with Crippen LogP contribution in [0.15, 0.2) is 54.7 Å². The third-order valence-corrected chi connectivity index (χ3v) is 4.82. The highest BCUT2D eigenvalue weighted by Gasteiger charge is 2.10. The molecule has 0 radical (unpaired) electrons. The molecule has 0 saturated heterocycles. The number of para-hydroxylation sites is 1. The molecule has 0 spiro atoms. The Kier molecular flexibility index (Phi) is 6.18. The summed E-state index contributed by atoms with van der Waals surface area (Å²) < 4.78 is 40.4. The van der Waals surface area contributed by atoms with Crippen molar-refractivity contribution in [3.05, 3.63) is 66.1 Å². The lowest BCUT2D eigenvalue weighted by Crippen LogP contribution is -2.12. The van der Waals surface area contributed by atoms with Crippen LogP contribution in [-0.2, 0) is 21.4 Å². The number of nitrogens with one attached hydrogen (secondary N) is 2. The van der Waals surface area contributed by atoms with Crippen LogP contribution < -0.4 is 10.0 Å². The highest BCUT2D eigenvalue weighted by molar-refractivity contribution is 7.92. The van der Waals surface area contributed by atoms with Crippen LogP contribution in [0.5, 0.6) is 0 Å². The van der Waals surface area contributed by atoms with E-state index in [2.05, 4.69) is 16.1 Å². The standard InChI is InChI=1S/C21H19FN4O3S/c1-30(28,29)25-19-13-16(8-9-18(19)22)24-21(27)10-7-15-14-26(12-4-11-23)20-6-3-2-5-17(15)20/h2-3,5-10,13-14,25H,4,12H2,1H3,(H,24,27)/b10-7+. The minimum Gasteiger partial charge on any atom is -0.346 e. The minimum absolute atomic E-state index is 0.244. The van der Waals surface area contributed by atoms with Gasteiger partial charge in [-0.1, -0.05) is 18.2 Å². The molecule has 1 amide bonds. The smallest absolute Gasteiger partial charge is 0.248 e. The lowest BCUT2D eigenvalue weighted by Gasteiger charge is -2.08. The van der Waals surface area contributed by atoms with Crippen LogP contribution in [0.2, 0.25) is 0 Å². The number of benzene rings is 2. The van der Waals surface area contributed by atoms with Crippen LogP contribution in [-0.4, -0.2) is 25.1 Å². The highest BCUT2D eigenvalue weighted by Crippen LogP contribution is 2.23. The van der Waals surface area contributed by atoms with Crippen LogP contribution in [0.3, 0.4) is 0 Å². The molecule has 30 heavy (non-hydrogen) atoms. The average molecular weight is 426 g/mol. The molecule has 7 nitrogen and oxygen atoms in total. The second kappa shape index (κ2) is 8.80. The lowest BCUT2D eigenvalue weighted by molar-refractivity contribution is -0.111. The van der Waals surface area contributed by atoms with Gasteiger partial charge in [-0.15, -0.1) is 0 Å². The van der Waals surface area contributed by atoms with E-state index in [9.17, 15) is 17.6 Å². The fourth-order valence-electron chi connectivity index (χ4n) is 2.99. The summed E-state index contributed by atoms with van der Waals surface area (Å²) in [6, 6.07) is 13.4. The van der Waals surface area contributed by atoms with E-state index in [1.807, 2.05) is 35.0 Å². The number of sulfonamides is 1. The number of carbonyl (C=O) groups excluding carboxylic acids is 1. The zero-order chi connectivity index (χ0) is 21.7. The summed E-state index contributed by atoms with van der Waals surface area (Å²) in [6.07, 6.45) is 6.14. The molecule has 0 aliphatic heterocycles. The fourth-order valence-corrected chi connectivity index (χ4v) is 3.55. The topological polar surface area (TPSA) is 104 Å². The van der Waals surface area contributed by atoms with Crippen molar-refractivity contribution in [2.75, 3.05) is 16.3 Å². The predicted molar refractivity (Wildman–Crippen MR) is 115 cm³/mol. The maximum absolute atomic E-state index is 13.8. The molecule has 0 unspecified atom stereocenters. The number of aryl methyl sites for hydroxylation is 1. The van der Waals surface area contributed by atoms with Crippen molar-refractivity contribution in [2.45, 2.75) is 13.0 Å². The van der Waals surface area contributed by atoms with Crippen LogP contribution >= 0.6 is 0 Å². The number of carbonyl (C=O) groups is 1. The Labute approximate surface area is 173 Å². The average Bonchev–Trinajstić information content (AvgIpc) is 3.04. The molecular weight excluding hydrogens is 407 g/mol. The summed E-state index contributed by atoms with van der Waals surface area (Å²) in [5.41, 5.74) is 1.77. The van der Waals surface area contributed by atoms with Gasteiger partial charge in [-0.3, -0.25) is 9.52 Å². The number of nitriles is 1. The molecule has 0 bridgehead atoms. The summed E-state index contributed by atoms with van der Waals surface area (Å²) in [7, 11) is -3.66. The van der Waals surface area contributed by atoms with Gasteiger partial charge in [0.1, 0.15) is 5.82 Å². The van der Waals surface area contributed by atoms with Gasteiger partial charge in [-0.25, -0.2) is 12.8 Å². The Morgan fingerprint density at radius 3 is 2.77 bits per heavy atom. The van der Waals surface area contributed by atoms with E-state index >= 15 is 0 Å². The maximum Gasteiger partial charge on any atom is 0.248 e. The number of aromatic nitrogens is 1. The molecule has 3 aromatic rings. The van der Waals surface area contributed by atoms with Crippen molar-refractivity contribution >= 4 is 44.3 Å². The first-order valence-corrected chi connectivity index (χ1v) is 10.9. The molecule has 2 aromatic carbocycles. The van der Waals surface area contributed by atoms with E-state index in [1.165, 1.54) is 18.2 Å². The third kappa shape index (κ3) is 5.24. The van der Waals surface area contributed by atoms with Crippen LogP contribution in [0.1, 0.15) is 12.0 Å². The minimum atomic E-state index is -3.66. The van der Waals surface area contributed by atoms with Gasteiger partial charge >= 0.3 is 0 Å². The van der Waals surface area contributed by atoms with Gasteiger partial charge in [0.05, 0.1) is 24.4 Å². The maximum atomic E-state index is 13.8. The zero-order valence-electron chi connectivity index (χ0n) is 16.1. The molecule has 0 fully saturated rings. The molecule has 0 aliphatic carbocycles. The van der Waals surface area contributed by atoms with E-state index in [0.717, 1.165) is 28.8 Å². The molecule has 2 N–H and O–H groups in total. The summed E-state index contributed by atoms with van der Waals surface area (Å²) in [4.78, 5) is 12.3. The third-order valence-electron chi connectivity index (χ3n) is 4.23. The molecule has 1 aromatic heterocycles. The Morgan fingerprint density at radius 1 is 1.27 bits per heavy atom. The summed E-state index contributed by atoms with van der Waals surface area (Å²) in [6.45, 7) is 0.544. The van der Waals surface area contributed by atoms with E-state index in [4.69, 9.17) is 5.26 Å². The zero-order valence-corrected chi connectivity index (χ0v) is 16.9. The van der Waals surface area contributed by atoms with Crippen LogP contribution in [0.4, 0.5) is 15.8 Å². The van der Waals surface area contributed by atoms with Gasteiger partial charge in [0.15, 0.2) is 0 Å². The Morgan fingerprint density at radius 2 is 2.03 bits per heavy atom. The molecule has 154 valence electrons. The van der Waals surface area contributed by atoms with E-state index in [0.29, 0.717) is 13.0 Å². The van der Waals surface area contributed by atoms with Crippen LogP contribution in [0.25, 0.3) is 17.0 Å². The number of amides is 1. The lowest BCUT2D eigenvalue weighted by atomic mass is 10.1. The van der Waals surface area contributed by atoms with Crippen molar-refractivity contribution in [1.82, 2.24) is 4.57 Å². The number of fused-ring (bicyclic) bond motifs is 1. The number of hydrogen-bond donors (Lipinski definition) is 2. The number of anilines is 2. The Hall–Kier alpha value is -3.64. The quantitative estimate of drug-likeness (QED) is 0.562. The monoisotopic (exact) mass is 426 g/mol. The van der Waals surface area contributed by atoms with E-state index in [-0.39, 0.29) is 11.4 Å². The first-order valence-electron chi connectivity index (χ1n) is 8.98. The van der Waals surface area contributed by atoms with Gasteiger partial charge in [0.25, 0.3) is 0 Å². The molecule has 3 rings (SSSR count). The largest absolute Gasteiger partial charge is 0.346 e. The Balaban J connectivity index is 1.79. The van der Waals surface area contributed by atoms with Crippen molar-refractivity contribution in [1.29, 1.82) is 5.26 Å². The van der Waals surface area contributed by atoms with E-state index < -0.39 is 21.7 Å². The molecular formula is C21H19FN4O3S. The SMILES string of the molecule is CS(=O)(=O)Nc1cc(NC(=O)/C=C/c2cn(CCC#N)c3ccccc23)ccc1F. The second-order valence-electron chi connectivity index (χ2n) is 6.59. The first kappa shape index (κ1) is 21.1. The first-order chi connectivity index (χ1) is 14.3. The summed E-state index contributed by atoms with van der Waals surface area (Å²) in [5.74, 6) is -1.21. The molecule has 0 saturated carbocycles. The second-order valence-corrected chi connectivity index (χ2v) is 8.34. The van der Waals surface area contributed by atoms with Gasteiger partial charge in [-0.05, 0) is 30.3 Å². The summed E-state index contributed by atoms with van der Waals surface area (Å²) >= 11 is 0. The number of halogens is 1. The van der Waals surface area contributed by atoms with Gasteiger partial charge < -0.3 is 9.88 Å². The molecule has 1 heterocycles. The van der Waals surface area contributed by atoms with Crippen molar-refractivity contribution in [3.8, 4) is 6.07 Å². The van der Waals surface area contributed by atoms with Crippen molar-refractivity contribution in [3.63, 3.8) is 0 Å². The molecule has 0 atom stereocenters. The summed E-state index contributed by atoms with van der Waals surface area (Å²) in [5, 5.41) is 12.4. The number of rotatable bonds is 7. The normalized spacial score (nSPS) is 11.5. The van der Waals surface area contributed by atoms with Gasteiger partial charge in [0, 0.05) is 41.0 Å². The van der Waals surface area contributed by atoms with E-state index in [1.54, 1.807) is 6.08 Å². The van der Waals surface area contributed by atoms with Crippen molar-refractivity contribution < 1.29 is 17.6 Å². The Bertz CT molecular complexity index is 1270. The number of hydrogen-bond acceptors (Lipinski definition) is 4. The highest BCUT2D eigenvalue weighted by atomic mass is 32.2. The molecule has 0 aliphatic rings. The number of nitrogens with zero attached hydrogens (tertiary/aromatic N) is 2. The van der Waals surface area contributed by atoms with Crippen LogP contribution in [0, 0.1) is 17.1 Å². The fraction of sp³-hybridized carbons (Fsp3) is 0.143. The van der Waals surface area contributed by atoms with Gasteiger partial charge in [0.2, 0.25) is 15.9 Å². The molecule has 9 heteroatoms.